The molecule has 7 nitrogen and oxygen atoms in total. The van der Waals surface area contributed by atoms with Gasteiger partial charge in [0.25, 0.3) is 5.91 Å². The Morgan fingerprint density at radius 1 is 1.06 bits per heavy atom. The van der Waals surface area contributed by atoms with Crippen molar-refractivity contribution in [3.63, 3.8) is 0 Å². The predicted molar refractivity (Wildman–Crippen MR) is 114 cm³/mol. The largest absolute Gasteiger partial charge is 0.416 e. The fourth-order valence-corrected chi connectivity index (χ4v) is 3.52. The van der Waals surface area contributed by atoms with Crippen LogP contribution in [0.1, 0.15) is 21.7 Å². The molecule has 12 heteroatoms. The average molecular weight is 481 g/mol. The number of thioether (sulfide) groups is 1. The Morgan fingerprint density at radius 3 is 2.42 bits per heavy atom. The molecule has 3 rings (SSSR count). The molecule has 0 radical (unpaired) electrons. The van der Waals surface area contributed by atoms with E-state index in [9.17, 15) is 27.2 Å². The number of rotatable bonds is 8. The van der Waals surface area contributed by atoms with E-state index in [0.717, 1.165) is 23.9 Å². The van der Waals surface area contributed by atoms with E-state index in [4.69, 9.17) is 0 Å². The number of benzene rings is 2. The molecule has 33 heavy (non-hydrogen) atoms. The summed E-state index contributed by atoms with van der Waals surface area (Å²) in [5.41, 5.74) is -0.602. The molecule has 1 aromatic heterocycles. The molecule has 174 valence electrons. The minimum absolute atomic E-state index is 0.0307. The first-order valence-corrected chi connectivity index (χ1v) is 10.6. The number of hydrogen-bond acceptors (Lipinski definition) is 5. The maximum atomic E-state index is 13.6. The Kier molecular flexibility index (Phi) is 7.69. The van der Waals surface area contributed by atoms with E-state index in [-0.39, 0.29) is 23.5 Å². The highest BCUT2D eigenvalue weighted by Gasteiger charge is 2.30. The summed E-state index contributed by atoms with van der Waals surface area (Å²) >= 11 is 1.10. The van der Waals surface area contributed by atoms with Crippen molar-refractivity contribution < 1.29 is 27.2 Å². The van der Waals surface area contributed by atoms with E-state index >= 15 is 0 Å². The molecule has 0 aliphatic heterocycles. The van der Waals surface area contributed by atoms with E-state index in [1.165, 1.54) is 30.3 Å². The molecule has 0 aliphatic carbocycles. The molecule has 3 aromatic rings. The third-order valence-electron chi connectivity index (χ3n) is 4.51. The number of nitrogens with zero attached hydrogens (tertiary/aromatic N) is 3. The summed E-state index contributed by atoms with van der Waals surface area (Å²) in [5, 5.41) is 13.6. The summed E-state index contributed by atoms with van der Waals surface area (Å²) in [4.78, 5) is 24.1. The van der Waals surface area contributed by atoms with Crippen molar-refractivity contribution in [2.24, 2.45) is 7.05 Å². The molecule has 2 aromatic carbocycles. The lowest BCUT2D eigenvalue weighted by atomic mass is 10.2. The number of aromatic nitrogens is 3. The zero-order chi connectivity index (χ0) is 24.0. The Balaban J connectivity index is 1.47. The molecule has 0 saturated heterocycles. The first-order chi connectivity index (χ1) is 15.6. The molecular weight excluding hydrogens is 462 g/mol. The van der Waals surface area contributed by atoms with Crippen LogP contribution in [-0.2, 0) is 24.4 Å². The topological polar surface area (TPSA) is 88.9 Å². The molecule has 0 spiro atoms. The summed E-state index contributed by atoms with van der Waals surface area (Å²) in [5.74, 6) is -1.04. The first-order valence-electron chi connectivity index (χ1n) is 9.66. The lowest BCUT2D eigenvalue weighted by Crippen LogP contribution is -2.27. The molecule has 0 fully saturated rings. The zero-order valence-electron chi connectivity index (χ0n) is 17.3. The van der Waals surface area contributed by atoms with E-state index in [1.54, 1.807) is 17.7 Å². The van der Waals surface area contributed by atoms with Crippen LogP contribution in [0.25, 0.3) is 0 Å². The van der Waals surface area contributed by atoms with Gasteiger partial charge in [0.05, 0.1) is 16.9 Å². The van der Waals surface area contributed by atoms with Gasteiger partial charge in [0.1, 0.15) is 11.6 Å². The maximum absolute atomic E-state index is 13.6. The Bertz CT molecular complexity index is 1130. The van der Waals surface area contributed by atoms with Gasteiger partial charge in [-0.15, -0.1) is 10.2 Å². The van der Waals surface area contributed by atoms with Crippen molar-refractivity contribution in [2.75, 3.05) is 17.6 Å². The monoisotopic (exact) mass is 481 g/mol. The number of carbonyl (C=O) groups excluding carboxylic acids is 2. The quantitative estimate of drug-likeness (QED) is 0.379. The highest BCUT2D eigenvalue weighted by atomic mass is 32.2. The van der Waals surface area contributed by atoms with Crippen molar-refractivity contribution in [3.8, 4) is 0 Å². The zero-order valence-corrected chi connectivity index (χ0v) is 18.1. The average Bonchev–Trinajstić information content (AvgIpc) is 3.11. The van der Waals surface area contributed by atoms with Gasteiger partial charge in [-0.2, -0.15) is 13.2 Å². The van der Waals surface area contributed by atoms with Gasteiger partial charge in [-0.05, 0) is 36.4 Å². The van der Waals surface area contributed by atoms with Gasteiger partial charge in [0.15, 0.2) is 5.16 Å². The second kappa shape index (κ2) is 10.5. The highest BCUT2D eigenvalue weighted by molar-refractivity contribution is 7.99. The molecule has 2 N–H and O–H groups in total. The summed E-state index contributed by atoms with van der Waals surface area (Å²) in [7, 11) is 1.70. The molecule has 0 saturated carbocycles. The lowest BCUT2D eigenvalue weighted by molar-refractivity contribution is -0.137. The first kappa shape index (κ1) is 24.2. The third-order valence-corrected chi connectivity index (χ3v) is 5.53. The maximum Gasteiger partial charge on any atom is 0.416 e. The van der Waals surface area contributed by atoms with Crippen LogP contribution in [0.15, 0.2) is 53.7 Å². The van der Waals surface area contributed by atoms with Crippen molar-refractivity contribution in [3.05, 3.63) is 71.3 Å². The molecule has 1 heterocycles. The van der Waals surface area contributed by atoms with Crippen LogP contribution in [0.3, 0.4) is 0 Å². The molecule has 0 bridgehead atoms. The van der Waals surface area contributed by atoms with Crippen molar-refractivity contribution in [1.82, 2.24) is 20.1 Å². The van der Waals surface area contributed by atoms with Gasteiger partial charge in [-0.3, -0.25) is 9.59 Å². The second-order valence-corrected chi connectivity index (χ2v) is 7.80. The normalized spacial score (nSPS) is 11.3. The highest BCUT2D eigenvalue weighted by Crippen LogP contribution is 2.29. The number of carbonyl (C=O) groups is 2. The molecule has 0 aliphatic rings. The van der Waals surface area contributed by atoms with Crippen LogP contribution in [0.2, 0.25) is 0 Å². The number of nitrogens with one attached hydrogen (secondary N) is 2. The van der Waals surface area contributed by atoms with Gasteiger partial charge in [0.2, 0.25) is 5.91 Å². The summed E-state index contributed by atoms with van der Waals surface area (Å²) in [6.07, 6.45) is -4.11. The summed E-state index contributed by atoms with van der Waals surface area (Å²) in [6.45, 7) is 0.207. The van der Waals surface area contributed by atoms with Crippen molar-refractivity contribution >= 4 is 29.3 Å². The smallest absolute Gasteiger partial charge is 0.351 e. The molecule has 0 atom stereocenters. The standard InChI is InChI=1S/C21H19F4N5O2S/c1-30-17(10-11-26-19(32)15-4-2-3-5-16(15)22)28-29-20(30)33-12-18(31)27-14-8-6-13(7-9-14)21(23,24)25/h2-9H,10-12H2,1H3,(H,26,32)(H,27,31). The van der Waals surface area contributed by atoms with Gasteiger partial charge in [0, 0.05) is 25.7 Å². The number of amides is 2. The van der Waals surface area contributed by atoms with E-state index < -0.39 is 29.4 Å². The predicted octanol–water partition coefficient (Wildman–Crippen LogP) is 3.68. The minimum atomic E-state index is -4.44. The van der Waals surface area contributed by atoms with Crippen LogP contribution in [-0.4, -0.2) is 38.9 Å². The SMILES string of the molecule is Cn1c(CCNC(=O)c2ccccc2F)nnc1SCC(=O)Nc1ccc(C(F)(F)F)cc1. The number of halogens is 4. The van der Waals surface area contributed by atoms with Crippen molar-refractivity contribution in [2.45, 2.75) is 17.8 Å². The summed E-state index contributed by atoms with van der Waals surface area (Å²) < 4.78 is 53.1. The minimum Gasteiger partial charge on any atom is -0.351 e. The number of hydrogen-bond donors (Lipinski definition) is 2. The molecule has 2 amide bonds. The van der Waals surface area contributed by atoms with E-state index in [0.29, 0.717) is 17.4 Å². The van der Waals surface area contributed by atoms with Gasteiger partial charge in [-0.25, -0.2) is 4.39 Å². The van der Waals surface area contributed by atoms with E-state index in [1.807, 2.05) is 0 Å². The second-order valence-electron chi connectivity index (χ2n) is 6.86. The molecular formula is C21H19F4N5O2S. The van der Waals surface area contributed by atoms with Crippen molar-refractivity contribution in [1.29, 1.82) is 0 Å². The lowest BCUT2D eigenvalue weighted by Gasteiger charge is -2.09. The Morgan fingerprint density at radius 2 is 1.76 bits per heavy atom. The molecule has 0 unspecified atom stereocenters. The fraction of sp³-hybridized carbons (Fsp3) is 0.238. The fourth-order valence-electron chi connectivity index (χ4n) is 2.79. The van der Waals surface area contributed by atoms with Crippen LogP contribution < -0.4 is 10.6 Å². The number of alkyl halides is 3. The summed E-state index contributed by atoms with van der Waals surface area (Å²) in [6, 6.07) is 9.80. The Hall–Kier alpha value is -3.41. The Labute approximate surface area is 190 Å². The third kappa shape index (κ3) is 6.54. The van der Waals surface area contributed by atoms with Gasteiger partial charge < -0.3 is 15.2 Å². The van der Waals surface area contributed by atoms with Crippen LogP contribution in [0.5, 0.6) is 0 Å². The van der Waals surface area contributed by atoms with E-state index in [2.05, 4.69) is 20.8 Å². The number of anilines is 1. The van der Waals surface area contributed by atoms with Crippen LogP contribution in [0.4, 0.5) is 23.2 Å². The van der Waals surface area contributed by atoms with Crippen LogP contribution >= 0.6 is 11.8 Å². The van der Waals surface area contributed by atoms with Gasteiger partial charge in [-0.1, -0.05) is 23.9 Å². The van der Waals surface area contributed by atoms with Gasteiger partial charge >= 0.3 is 6.18 Å². The van der Waals surface area contributed by atoms with Crippen LogP contribution in [0, 0.1) is 5.82 Å².